The summed E-state index contributed by atoms with van der Waals surface area (Å²) in [6.07, 6.45) is 6.26. The molecule has 1 saturated carbocycles. The minimum atomic E-state index is 0.317. The summed E-state index contributed by atoms with van der Waals surface area (Å²) in [6.45, 7) is 2.10. The molecule has 1 aromatic carbocycles. The van der Waals surface area contributed by atoms with Crippen molar-refractivity contribution in [2.24, 2.45) is 0 Å². The van der Waals surface area contributed by atoms with E-state index in [9.17, 15) is 0 Å². The number of methoxy groups -OCH3 is 1. The van der Waals surface area contributed by atoms with Gasteiger partial charge in [-0.25, -0.2) is 0 Å². The van der Waals surface area contributed by atoms with Crippen molar-refractivity contribution in [3.63, 3.8) is 0 Å². The molecular formula is C16H22ClNO2. The smallest absolute Gasteiger partial charge is 0.179 e. The fourth-order valence-electron chi connectivity index (χ4n) is 3.23. The number of ether oxygens (including phenoxy) is 2. The highest BCUT2D eigenvalue weighted by Crippen LogP contribution is 2.40. The number of hydrogen-bond donors (Lipinski definition) is 1. The van der Waals surface area contributed by atoms with E-state index in [1.807, 2.05) is 6.07 Å². The summed E-state index contributed by atoms with van der Waals surface area (Å²) in [5.74, 6) is 2.02. The molecule has 1 atom stereocenters. The Hall–Kier alpha value is -0.930. The van der Waals surface area contributed by atoms with E-state index in [1.165, 1.54) is 18.4 Å². The molecule has 0 aromatic heterocycles. The van der Waals surface area contributed by atoms with Gasteiger partial charge in [0.1, 0.15) is 0 Å². The Bertz CT molecular complexity index is 466. The average Bonchev–Trinajstić information content (AvgIpc) is 3.11. The van der Waals surface area contributed by atoms with Gasteiger partial charge in [0, 0.05) is 6.54 Å². The van der Waals surface area contributed by atoms with E-state index in [-0.39, 0.29) is 0 Å². The molecule has 20 heavy (non-hydrogen) atoms. The molecule has 1 heterocycles. The van der Waals surface area contributed by atoms with E-state index in [1.54, 1.807) is 7.11 Å². The summed E-state index contributed by atoms with van der Waals surface area (Å²) in [5, 5.41) is 4.05. The number of benzene rings is 1. The second-order valence-corrected chi connectivity index (χ2v) is 6.16. The zero-order valence-corrected chi connectivity index (χ0v) is 12.7. The Morgan fingerprint density at radius 2 is 2.00 bits per heavy atom. The van der Waals surface area contributed by atoms with Crippen LogP contribution in [0.5, 0.6) is 11.5 Å². The van der Waals surface area contributed by atoms with Gasteiger partial charge in [0.05, 0.1) is 18.2 Å². The molecule has 1 unspecified atom stereocenters. The molecule has 0 bridgehead atoms. The first-order valence-electron chi connectivity index (χ1n) is 7.52. The highest BCUT2D eigenvalue weighted by atomic mass is 35.5. The molecule has 110 valence electrons. The van der Waals surface area contributed by atoms with Crippen LogP contribution in [0.4, 0.5) is 0 Å². The first-order valence-corrected chi connectivity index (χ1v) is 7.90. The van der Waals surface area contributed by atoms with Crippen LogP contribution in [0.2, 0.25) is 5.02 Å². The highest BCUT2D eigenvalue weighted by molar-refractivity contribution is 6.32. The molecule has 4 heteroatoms. The predicted molar refractivity (Wildman–Crippen MR) is 81.1 cm³/mol. The Labute approximate surface area is 125 Å². The van der Waals surface area contributed by atoms with E-state index < -0.39 is 0 Å². The van der Waals surface area contributed by atoms with Crippen molar-refractivity contribution in [1.82, 2.24) is 5.32 Å². The maximum Gasteiger partial charge on any atom is 0.179 e. The summed E-state index contributed by atoms with van der Waals surface area (Å²) in [7, 11) is 1.65. The van der Waals surface area contributed by atoms with Crippen LogP contribution in [0.1, 0.15) is 43.6 Å². The lowest BCUT2D eigenvalue weighted by atomic mass is 9.98. The zero-order valence-electron chi connectivity index (χ0n) is 12.0. The molecular weight excluding hydrogens is 274 g/mol. The van der Waals surface area contributed by atoms with E-state index in [4.69, 9.17) is 21.1 Å². The lowest BCUT2D eigenvalue weighted by Crippen LogP contribution is -2.13. The first-order chi connectivity index (χ1) is 9.78. The zero-order chi connectivity index (χ0) is 13.9. The molecule has 1 aliphatic carbocycles. The van der Waals surface area contributed by atoms with Crippen LogP contribution in [0.15, 0.2) is 12.1 Å². The first kappa shape index (κ1) is 14.0. The number of hydrogen-bond acceptors (Lipinski definition) is 3. The summed E-state index contributed by atoms with van der Waals surface area (Å²) in [6, 6.07) is 4.15. The summed E-state index contributed by atoms with van der Waals surface area (Å²) in [5.41, 5.74) is 1.26. The van der Waals surface area contributed by atoms with Crippen molar-refractivity contribution in [1.29, 1.82) is 0 Å². The monoisotopic (exact) mass is 295 g/mol. The van der Waals surface area contributed by atoms with Gasteiger partial charge in [0.25, 0.3) is 0 Å². The lowest BCUT2D eigenvalue weighted by Gasteiger charge is -2.19. The fourth-order valence-corrected chi connectivity index (χ4v) is 3.53. The van der Waals surface area contributed by atoms with Crippen molar-refractivity contribution in [3.05, 3.63) is 22.7 Å². The largest absolute Gasteiger partial charge is 0.491 e. The van der Waals surface area contributed by atoms with Crippen molar-refractivity contribution >= 4 is 11.6 Å². The Morgan fingerprint density at radius 3 is 2.65 bits per heavy atom. The van der Waals surface area contributed by atoms with Gasteiger partial charge in [-0.15, -0.1) is 0 Å². The standard InChI is InChI=1S/C16H22ClNO2/c1-19-16-14(17)8-12(11-6-7-18-10-11)9-15(16)20-13-4-2-3-5-13/h8-9,11,13,18H,2-7,10H2,1H3. The third-order valence-electron chi connectivity index (χ3n) is 4.36. The quantitative estimate of drug-likeness (QED) is 0.918. The highest BCUT2D eigenvalue weighted by Gasteiger charge is 2.23. The van der Waals surface area contributed by atoms with Crippen LogP contribution in [-0.4, -0.2) is 26.3 Å². The lowest BCUT2D eigenvalue weighted by molar-refractivity contribution is 0.200. The van der Waals surface area contributed by atoms with Crippen LogP contribution in [0.25, 0.3) is 0 Å². The van der Waals surface area contributed by atoms with Gasteiger partial charge in [-0.05, 0) is 62.3 Å². The minimum absolute atomic E-state index is 0.317. The molecule has 1 aromatic rings. The van der Waals surface area contributed by atoms with E-state index in [0.717, 1.165) is 38.1 Å². The number of rotatable bonds is 4. The maximum atomic E-state index is 6.37. The molecule has 3 rings (SSSR count). The van der Waals surface area contributed by atoms with Crippen molar-refractivity contribution in [2.45, 2.75) is 44.1 Å². The second kappa shape index (κ2) is 6.23. The van der Waals surface area contributed by atoms with E-state index in [2.05, 4.69) is 11.4 Å². The van der Waals surface area contributed by atoms with Crippen LogP contribution >= 0.6 is 11.6 Å². The van der Waals surface area contributed by atoms with Gasteiger partial charge in [0.15, 0.2) is 11.5 Å². The van der Waals surface area contributed by atoms with Crippen molar-refractivity contribution in [3.8, 4) is 11.5 Å². The van der Waals surface area contributed by atoms with Gasteiger partial charge in [-0.1, -0.05) is 11.6 Å². The van der Waals surface area contributed by atoms with E-state index in [0.29, 0.717) is 22.8 Å². The van der Waals surface area contributed by atoms with Gasteiger partial charge < -0.3 is 14.8 Å². The van der Waals surface area contributed by atoms with Gasteiger partial charge in [0.2, 0.25) is 0 Å². The van der Waals surface area contributed by atoms with Gasteiger partial charge in [-0.2, -0.15) is 0 Å². The SMILES string of the molecule is COc1c(Cl)cc(C2CCNC2)cc1OC1CCCC1. The van der Waals surface area contributed by atoms with E-state index >= 15 is 0 Å². The molecule has 2 aliphatic rings. The third kappa shape index (κ3) is 2.89. The summed E-state index contributed by atoms with van der Waals surface area (Å²) >= 11 is 6.37. The van der Waals surface area contributed by atoms with Crippen LogP contribution < -0.4 is 14.8 Å². The Balaban J connectivity index is 1.87. The molecule has 2 fully saturated rings. The maximum absolute atomic E-state index is 6.37. The molecule has 1 aliphatic heterocycles. The van der Waals surface area contributed by atoms with Crippen LogP contribution in [0.3, 0.4) is 0 Å². The minimum Gasteiger partial charge on any atom is -0.491 e. The second-order valence-electron chi connectivity index (χ2n) is 5.75. The summed E-state index contributed by atoms with van der Waals surface area (Å²) < 4.78 is 11.6. The molecule has 0 amide bonds. The van der Waals surface area contributed by atoms with Gasteiger partial charge in [-0.3, -0.25) is 0 Å². The Morgan fingerprint density at radius 1 is 1.20 bits per heavy atom. The topological polar surface area (TPSA) is 30.5 Å². The third-order valence-corrected chi connectivity index (χ3v) is 4.64. The van der Waals surface area contributed by atoms with Crippen molar-refractivity contribution < 1.29 is 9.47 Å². The predicted octanol–water partition coefficient (Wildman–Crippen LogP) is 3.75. The molecule has 3 nitrogen and oxygen atoms in total. The molecule has 1 saturated heterocycles. The van der Waals surface area contributed by atoms with Crippen LogP contribution in [0, 0.1) is 0 Å². The van der Waals surface area contributed by atoms with Crippen LogP contribution in [-0.2, 0) is 0 Å². The average molecular weight is 296 g/mol. The number of halogens is 1. The Kier molecular flexibility index (Phi) is 4.37. The molecule has 0 spiro atoms. The van der Waals surface area contributed by atoms with Gasteiger partial charge >= 0.3 is 0 Å². The normalized spacial score (nSPS) is 23.2. The fraction of sp³-hybridized carbons (Fsp3) is 0.625. The van der Waals surface area contributed by atoms with Crippen molar-refractivity contribution in [2.75, 3.05) is 20.2 Å². The molecule has 1 N–H and O–H groups in total. The number of nitrogens with one attached hydrogen (secondary N) is 1. The summed E-state index contributed by atoms with van der Waals surface area (Å²) in [4.78, 5) is 0. The molecule has 0 radical (unpaired) electrons.